The van der Waals surface area contributed by atoms with Crippen LogP contribution in [0.4, 0.5) is 0 Å². The molecule has 0 bridgehead atoms. The van der Waals surface area contributed by atoms with Crippen molar-refractivity contribution in [2.45, 2.75) is 18.9 Å². The summed E-state index contributed by atoms with van der Waals surface area (Å²) in [5.41, 5.74) is 0. The molecule has 5 heteroatoms. The van der Waals surface area contributed by atoms with E-state index in [1.807, 2.05) is 4.90 Å². The molecular weight excluding hydrogens is 184 g/mol. The van der Waals surface area contributed by atoms with Crippen LogP contribution in [-0.2, 0) is 9.53 Å². The van der Waals surface area contributed by atoms with Gasteiger partial charge in [0.1, 0.15) is 0 Å². The lowest BCUT2D eigenvalue weighted by atomic mass is 10.1. The number of nitriles is 1. The lowest BCUT2D eigenvalue weighted by Crippen LogP contribution is -2.46. The highest BCUT2D eigenvalue weighted by atomic mass is 16.5. The maximum absolute atomic E-state index is 10.5. The second-order valence-corrected chi connectivity index (χ2v) is 3.27. The monoisotopic (exact) mass is 198 g/mol. The number of nitrogens with zero attached hydrogens (tertiary/aromatic N) is 2. The Bertz CT molecular complexity index is 237. The topological polar surface area (TPSA) is 73.6 Å². The van der Waals surface area contributed by atoms with Gasteiger partial charge in [-0.2, -0.15) is 5.26 Å². The molecule has 78 valence electrons. The van der Waals surface area contributed by atoms with Gasteiger partial charge >= 0.3 is 5.97 Å². The summed E-state index contributed by atoms with van der Waals surface area (Å²) in [7, 11) is 0. The Kier molecular flexibility index (Phi) is 4.36. The molecular formula is C9H14N2O3. The van der Waals surface area contributed by atoms with Crippen LogP contribution in [0, 0.1) is 11.3 Å². The molecule has 1 unspecified atom stereocenters. The molecule has 0 aromatic carbocycles. The van der Waals surface area contributed by atoms with Gasteiger partial charge in [0, 0.05) is 25.6 Å². The van der Waals surface area contributed by atoms with Crippen LogP contribution in [-0.4, -0.2) is 48.3 Å². The molecule has 1 aliphatic heterocycles. The molecule has 1 fully saturated rings. The third kappa shape index (κ3) is 3.32. The molecule has 0 aromatic rings. The van der Waals surface area contributed by atoms with Crippen LogP contribution in [0.15, 0.2) is 0 Å². The van der Waals surface area contributed by atoms with E-state index < -0.39 is 5.97 Å². The molecule has 1 saturated heterocycles. The van der Waals surface area contributed by atoms with Gasteiger partial charge in [0.05, 0.1) is 25.7 Å². The highest BCUT2D eigenvalue weighted by Gasteiger charge is 2.24. The van der Waals surface area contributed by atoms with Gasteiger partial charge in [-0.1, -0.05) is 0 Å². The van der Waals surface area contributed by atoms with E-state index >= 15 is 0 Å². The predicted molar refractivity (Wildman–Crippen MR) is 48.7 cm³/mol. The third-order valence-corrected chi connectivity index (χ3v) is 2.27. The lowest BCUT2D eigenvalue weighted by molar-refractivity contribution is -0.140. The van der Waals surface area contributed by atoms with Crippen molar-refractivity contribution in [1.82, 2.24) is 4.90 Å². The van der Waals surface area contributed by atoms with Crippen LogP contribution >= 0.6 is 0 Å². The number of carboxylic acid groups (broad SMARTS) is 1. The Balaban J connectivity index is 2.42. The largest absolute Gasteiger partial charge is 0.481 e. The lowest BCUT2D eigenvalue weighted by Gasteiger charge is -2.34. The van der Waals surface area contributed by atoms with Gasteiger partial charge in [-0.25, -0.2) is 0 Å². The SMILES string of the molecule is N#CCCN1CCOCC1CC(=O)O. The second-order valence-electron chi connectivity index (χ2n) is 3.27. The summed E-state index contributed by atoms with van der Waals surface area (Å²) in [6.45, 7) is 2.44. The van der Waals surface area contributed by atoms with Crippen LogP contribution in [0.2, 0.25) is 0 Å². The zero-order valence-corrected chi connectivity index (χ0v) is 7.98. The molecule has 0 aromatic heterocycles. The number of rotatable bonds is 4. The van der Waals surface area contributed by atoms with Crippen LogP contribution in [0.1, 0.15) is 12.8 Å². The minimum Gasteiger partial charge on any atom is -0.481 e. The molecule has 1 rings (SSSR count). The maximum atomic E-state index is 10.5. The Morgan fingerprint density at radius 1 is 1.71 bits per heavy atom. The molecule has 0 amide bonds. The quantitative estimate of drug-likeness (QED) is 0.692. The zero-order valence-electron chi connectivity index (χ0n) is 7.98. The van der Waals surface area contributed by atoms with Crippen LogP contribution < -0.4 is 0 Å². The van der Waals surface area contributed by atoms with Crippen molar-refractivity contribution in [3.63, 3.8) is 0 Å². The standard InChI is InChI=1S/C9H14N2O3/c10-2-1-3-11-4-5-14-7-8(11)6-9(12)13/h8H,1,3-7H2,(H,12,13). The fourth-order valence-electron chi connectivity index (χ4n) is 1.57. The Labute approximate surface area is 82.9 Å². The molecule has 0 spiro atoms. The van der Waals surface area contributed by atoms with E-state index in [9.17, 15) is 4.79 Å². The van der Waals surface area contributed by atoms with E-state index in [2.05, 4.69) is 6.07 Å². The molecule has 1 atom stereocenters. The average molecular weight is 198 g/mol. The van der Waals surface area contributed by atoms with E-state index in [1.54, 1.807) is 0 Å². The van der Waals surface area contributed by atoms with Crippen molar-refractivity contribution in [2.75, 3.05) is 26.3 Å². The van der Waals surface area contributed by atoms with E-state index in [0.717, 1.165) is 6.54 Å². The highest BCUT2D eigenvalue weighted by molar-refractivity contribution is 5.67. The number of aliphatic carboxylic acids is 1. The smallest absolute Gasteiger partial charge is 0.305 e. The molecule has 1 aliphatic rings. The highest BCUT2D eigenvalue weighted by Crippen LogP contribution is 2.10. The van der Waals surface area contributed by atoms with Crippen molar-refractivity contribution in [3.05, 3.63) is 0 Å². The summed E-state index contributed by atoms with van der Waals surface area (Å²) < 4.78 is 5.21. The fourth-order valence-corrected chi connectivity index (χ4v) is 1.57. The number of ether oxygens (including phenoxy) is 1. The van der Waals surface area contributed by atoms with Crippen LogP contribution in [0.25, 0.3) is 0 Å². The first-order valence-electron chi connectivity index (χ1n) is 4.64. The van der Waals surface area contributed by atoms with E-state index in [4.69, 9.17) is 15.1 Å². The second kappa shape index (κ2) is 5.58. The summed E-state index contributed by atoms with van der Waals surface area (Å²) in [6.07, 6.45) is 0.529. The van der Waals surface area contributed by atoms with Gasteiger partial charge < -0.3 is 9.84 Å². The van der Waals surface area contributed by atoms with Crippen molar-refractivity contribution in [2.24, 2.45) is 0 Å². The minimum absolute atomic E-state index is 0.0744. The Hall–Kier alpha value is -1.12. The van der Waals surface area contributed by atoms with Crippen LogP contribution in [0.3, 0.4) is 0 Å². The van der Waals surface area contributed by atoms with Crippen molar-refractivity contribution in [1.29, 1.82) is 5.26 Å². The molecule has 0 radical (unpaired) electrons. The predicted octanol–water partition coefficient (Wildman–Crippen LogP) is 0.0756. The van der Waals surface area contributed by atoms with Gasteiger partial charge in [0.2, 0.25) is 0 Å². The number of carboxylic acids is 1. The number of carbonyl (C=O) groups is 1. The van der Waals surface area contributed by atoms with Crippen molar-refractivity contribution < 1.29 is 14.6 Å². The summed E-state index contributed by atoms with van der Waals surface area (Å²) in [4.78, 5) is 12.6. The molecule has 0 saturated carbocycles. The third-order valence-electron chi connectivity index (χ3n) is 2.27. The van der Waals surface area contributed by atoms with Crippen LogP contribution in [0.5, 0.6) is 0 Å². The van der Waals surface area contributed by atoms with Gasteiger partial charge in [0.15, 0.2) is 0 Å². The summed E-state index contributed by atoms with van der Waals surface area (Å²) in [5.74, 6) is -0.817. The van der Waals surface area contributed by atoms with Gasteiger partial charge in [-0.3, -0.25) is 9.69 Å². The minimum atomic E-state index is -0.817. The summed E-state index contributed by atoms with van der Waals surface area (Å²) >= 11 is 0. The number of morpholine rings is 1. The summed E-state index contributed by atoms with van der Waals surface area (Å²) in [5, 5.41) is 17.1. The molecule has 0 aliphatic carbocycles. The molecule has 1 N–H and O–H groups in total. The van der Waals surface area contributed by atoms with Gasteiger partial charge in [-0.05, 0) is 0 Å². The fraction of sp³-hybridized carbons (Fsp3) is 0.778. The first kappa shape index (κ1) is 11.0. The van der Waals surface area contributed by atoms with E-state index in [-0.39, 0.29) is 12.5 Å². The number of hydrogen-bond donors (Lipinski definition) is 1. The average Bonchev–Trinajstić information content (AvgIpc) is 2.16. The van der Waals surface area contributed by atoms with E-state index in [1.165, 1.54) is 0 Å². The maximum Gasteiger partial charge on any atom is 0.305 e. The normalized spacial score (nSPS) is 22.9. The molecule has 14 heavy (non-hydrogen) atoms. The number of hydrogen-bond acceptors (Lipinski definition) is 4. The zero-order chi connectivity index (χ0) is 10.4. The van der Waals surface area contributed by atoms with Gasteiger partial charge in [0.25, 0.3) is 0 Å². The Morgan fingerprint density at radius 2 is 2.50 bits per heavy atom. The first-order valence-corrected chi connectivity index (χ1v) is 4.64. The first-order chi connectivity index (χ1) is 6.74. The summed E-state index contributed by atoms with van der Waals surface area (Å²) in [6, 6.07) is 1.98. The molecule has 1 heterocycles. The Morgan fingerprint density at radius 3 is 3.14 bits per heavy atom. The van der Waals surface area contributed by atoms with Crippen molar-refractivity contribution in [3.8, 4) is 6.07 Å². The molecule has 5 nitrogen and oxygen atoms in total. The van der Waals surface area contributed by atoms with Crippen molar-refractivity contribution >= 4 is 5.97 Å². The van der Waals surface area contributed by atoms with E-state index in [0.29, 0.717) is 26.2 Å². The van der Waals surface area contributed by atoms with Gasteiger partial charge in [-0.15, -0.1) is 0 Å².